The number of unbranched alkanes of at least 4 members (excludes halogenated alkanes) is 2. The topological polar surface area (TPSA) is 63.6 Å². The summed E-state index contributed by atoms with van der Waals surface area (Å²) in [7, 11) is 0. The maximum Gasteiger partial charge on any atom is 0.331 e. The van der Waals surface area contributed by atoms with Gasteiger partial charge in [-0.2, -0.15) is 0 Å². The number of ether oxygens (including phenoxy) is 1. The Balaban J connectivity index is 2.02. The molecule has 0 aliphatic carbocycles. The molecule has 0 amide bonds. The summed E-state index contributed by atoms with van der Waals surface area (Å²) in [5.74, 6) is -1.76. The summed E-state index contributed by atoms with van der Waals surface area (Å²) in [6.45, 7) is 0.331. The highest BCUT2D eigenvalue weighted by Gasteiger charge is 1.98. The number of benzene rings is 1. The van der Waals surface area contributed by atoms with Gasteiger partial charge in [0.1, 0.15) is 0 Å². The number of aryl methyl sites for hydroxylation is 1. The van der Waals surface area contributed by atoms with Crippen LogP contribution >= 0.6 is 0 Å². The normalized spacial score (nSPS) is 10.5. The molecule has 0 bridgehead atoms. The van der Waals surface area contributed by atoms with Gasteiger partial charge >= 0.3 is 11.9 Å². The van der Waals surface area contributed by atoms with Gasteiger partial charge in [0, 0.05) is 12.2 Å². The summed E-state index contributed by atoms with van der Waals surface area (Å²) in [5, 5.41) is 8.32. The Morgan fingerprint density at radius 1 is 1.05 bits per heavy atom. The van der Waals surface area contributed by atoms with Crippen LogP contribution < -0.4 is 0 Å². The molecular formula is C15H18O4. The molecule has 1 aromatic carbocycles. The van der Waals surface area contributed by atoms with E-state index in [0.29, 0.717) is 6.61 Å². The third-order valence-electron chi connectivity index (χ3n) is 2.56. The van der Waals surface area contributed by atoms with Crippen molar-refractivity contribution < 1.29 is 19.4 Å². The zero-order valence-electron chi connectivity index (χ0n) is 10.7. The molecule has 0 radical (unpaired) electrons. The average Bonchev–Trinajstić information content (AvgIpc) is 2.41. The third kappa shape index (κ3) is 7.76. The van der Waals surface area contributed by atoms with Crippen molar-refractivity contribution in [2.45, 2.75) is 25.7 Å². The molecule has 0 spiro atoms. The maximum absolute atomic E-state index is 11.0. The third-order valence-corrected chi connectivity index (χ3v) is 2.56. The van der Waals surface area contributed by atoms with Crippen LogP contribution in [0.3, 0.4) is 0 Å². The second kappa shape index (κ2) is 8.91. The zero-order chi connectivity index (χ0) is 13.9. The number of rotatable bonds is 8. The number of carbonyl (C=O) groups excluding carboxylic acids is 1. The van der Waals surface area contributed by atoms with Gasteiger partial charge in [0.05, 0.1) is 6.61 Å². The van der Waals surface area contributed by atoms with Crippen molar-refractivity contribution in [1.82, 2.24) is 0 Å². The molecule has 0 aliphatic heterocycles. The number of carboxylic acid groups (broad SMARTS) is 1. The molecule has 1 rings (SSSR count). The molecule has 1 aromatic rings. The van der Waals surface area contributed by atoms with E-state index >= 15 is 0 Å². The van der Waals surface area contributed by atoms with E-state index < -0.39 is 11.9 Å². The van der Waals surface area contributed by atoms with Gasteiger partial charge in [-0.25, -0.2) is 9.59 Å². The van der Waals surface area contributed by atoms with Gasteiger partial charge in [0.15, 0.2) is 0 Å². The maximum atomic E-state index is 11.0. The lowest BCUT2D eigenvalue weighted by Crippen LogP contribution is -2.03. The van der Waals surface area contributed by atoms with Gasteiger partial charge in [-0.05, 0) is 31.2 Å². The number of carbonyl (C=O) groups is 2. The van der Waals surface area contributed by atoms with Crippen LogP contribution in [0.15, 0.2) is 42.5 Å². The molecule has 0 atom stereocenters. The van der Waals surface area contributed by atoms with Gasteiger partial charge in [0.2, 0.25) is 0 Å². The van der Waals surface area contributed by atoms with Crippen molar-refractivity contribution in [2.24, 2.45) is 0 Å². The summed E-state index contributed by atoms with van der Waals surface area (Å²) in [5.41, 5.74) is 1.31. The first kappa shape index (κ1) is 15.0. The Bertz CT molecular complexity index is 423. The predicted octanol–water partition coefficient (Wildman–Crippen LogP) is 2.58. The fraction of sp³-hybridized carbons (Fsp3) is 0.333. The number of carboxylic acids is 1. The Hall–Kier alpha value is -2.10. The van der Waals surface area contributed by atoms with Gasteiger partial charge in [-0.15, -0.1) is 0 Å². The van der Waals surface area contributed by atoms with Crippen LogP contribution in [-0.2, 0) is 20.7 Å². The minimum atomic E-state index is -1.15. The monoisotopic (exact) mass is 262 g/mol. The molecule has 0 fully saturated rings. The standard InChI is InChI=1S/C15H18O4/c16-14(17)10-11-15(18)19-12-6-2-5-9-13-7-3-1-4-8-13/h1,3-4,7-8,10-11H,2,5-6,9,12H2,(H,16,17)/b11-10-. The van der Waals surface area contributed by atoms with Crippen molar-refractivity contribution in [3.63, 3.8) is 0 Å². The lowest BCUT2D eigenvalue weighted by molar-refractivity contribution is -0.138. The molecule has 0 aromatic heterocycles. The first-order valence-corrected chi connectivity index (χ1v) is 6.30. The first-order valence-electron chi connectivity index (χ1n) is 6.30. The van der Waals surface area contributed by atoms with E-state index in [9.17, 15) is 9.59 Å². The molecule has 0 aliphatic rings. The fourth-order valence-electron chi connectivity index (χ4n) is 1.61. The fourth-order valence-corrected chi connectivity index (χ4v) is 1.61. The summed E-state index contributed by atoms with van der Waals surface area (Å²) in [4.78, 5) is 21.2. The minimum absolute atomic E-state index is 0.331. The molecule has 1 N–H and O–H groups in total. The van der Waals surface area contributed by atoms with Crippen LogP contribution in [0.2, 0.25) is 0 Å². The lowest BCUT2D eigenvalue weighted by atomic mass is 10.1. The molecule has 0 saturated heterocycles. The SMILES string of the molecule is O=C(O)/C=C\C(=O)OCCCCCc1ccccc1. The highest BCUT2D eigenvalue weighted by molar-refractivity contribution is 5.90. The number of esters is 1. The van der Waals surface area contributed by atoms with Crippen molar-refractivity contribution in [2.75, 3.05) is 6.61 Å². The van der Waals surface area contributed by atoms with Crippen LogP contribution in [0, 0.1) is 0 Å². The van der Waals surface area contributed by atoms with Crippen molar-refractivity contribution in [3.8, 4) is 0 Å². The Kier molecular flexibility index (Phi) is 7.02. The number of aliphatic carboxylic acids is 1. The van der Waals surface area contributed by atoms with Gasteiger partial charge in [-0.3, -0.25) is 0 Å². The lowest BCUT2D eigenvalue weighted by Gasteiger charge is -2.02. The van der Waals surface area contributed by atoms with E-state index in [1.54, 1.807) is 0 Å². The summed E-state index contributed by atoms with van der Waals surface area (Å²) < 4.78 is 4.86. The van der Waals surface area contributed by atoms with Crippen LogP contribution in [0.1, 0.15) is 24.8 Å². The summed E-state index contributed by atoms with van der Waals surface area (Å²) in [6.07, 6.45) is 5.54. The molecule has 4 heteroatoms. The summed E-state index contributed by atoms with van der Waals surface area (Å²) in [6, 6.07) is 10.2. The quantitative estimate of drug-likeness (QED) is 0.444. The van der Waals surface area contributed by atoms with Gasteiger partial charge in [-0.1, -0.05) is 30.3 Å². The zero-order valence-corrected chi connectivity index (χ0v) is 10.7. The van der Waals surface area contributed by atoms with Crippen molar-refractivity contribution >= 4 is 11.9 Å². The van der Waals surface area contributed by atoms with E-state index in [0.717, 1.165) is 37.8 Å². The van der Waals surface area contributed by atoms with Gasteiger partial charge < -0.3 is 9.84 Å². The van der Waals surface area contributed by atoms with E-state index in [4.69, 9.17) is 9.84 Å². The van der Waals surface area contributed by atoms with Crippen LogP contribution in [0.5, 0.6) is 0 Å². The molecular weight excluding hydrogens is 244 g/mol. The molecule has 0 saturated carbocycles. The largest absolute Gasteiger partial charge is 0.478 e. The Morgan fingerprint density at radius 3 is 2.47 bits per heavy atom. The smallest absolute Gasteiger partial charge is 0.331 e. The molecule has 4 nitrogen and oxygen atoms in total. The molecule has 19 heavy (non-hydrogen) atoms. The van der Waals surface area contributed by atoms with E-state index in [1.807, 2.05) is 18.2 Å². The molecule has 102 valence electrons. The first-order chi connectivity index (χ1) is 9.18. The minimum Gasteiger partial charge on any atom is -0.478 e. The van der Waals surface area contributed by atoms with Crippen molar-refractivity contribution in [1.29, 1.82) is 0 Å². The van der Waals surface area contributed by atoms with Crippen molar-refractivity contribution in [3.05, 3.63) is 48.0 Å². The van der Waals surface area contributed by atoms with Gasteiger partial charge in [0.25, 0.3) is 0 Å². The highest BCUT2D eigenvalue weighted by atomic mass is 16.5. The Morgan fingerprint density at radius 2 is 1.79 bits per heavy atom. The second-order valence-corrected chi connectivity index (χ2v) is 4.14. The average molecular weight is 262 g/mol. The van der Waals surface area contributed by atoms with E-state index in [2.05, 4.69) is 12.1 Å². The van der Waals surface area contributed by atoms with Crippen LogP contribution in [-0.4, -0.2) is 23.7 Å². The van der Waals surface area contributed by atoms with E-state index in [-0.39, 0.29) is 0 Å². The van der Waals surface area contributed by atoms with Crippen LogP contribution in [0.25, 0.3) is 0 Å². The van der Waals surface area contributed by atoms with Crippen LogP contribution in [0.4, 0.5) is 0 Å². The number of hydrogen-bond acceptors (Lipinski definition) is 3. The molecule has 0 heterocycles. The number of hydrogen-bond donors (Lipinski definition) is 1. The van der Waals surface area contributed by atoms with E-state index in [1.165, 1.54) is 5.56 Å². The predicted molar refractivity (Wildman–Crippen MR) is 71.7 cm³/mol. The second-order valence-electron chi connectivity index (χ2n) is 4.14. The molecule has 0 unspecified atom stereocenters. The summed E-state index contributed by atoms with van der Waals surface area (Å²) >= 11 is 0. The Labute approximate surface area is 112 Å². The highest BCUT2D eigenvalue weighted by Crippen LogP contribution is 2.06.